The molecule has 1 N–H and O–H groups in total. The van der Waals surface area contributed by atoms with E-state index in [1.165, 1.54) is 22.2 Å². The molecule has 0 radical (unpaired) electrons. The number of pyridine rings is 1. The predicted molar refractivity (Wildman–Crippen MR) is 73.9 cm³/mol. The molecule has 0 aliphatic heterocycles. The molecular formula is C14H17N3O3. The predicted octanol–water partition coefficient (Wildman–Crippen LogP) is -0.414. The van der Waals surface area contributed by atoms with Crippen LogP contribution in [-0.2, 0) is 4.79 Å². The van der Waals surface area contributed by atoms with Gasteiger partial charge >= 0.3 is 0 Å². The molecule has 0 atom stereocenters. The topological polar surface area (TPSA) is 73.7 Å². The average Bonchev–Trinajstić information content (AvgIpc) is 2.44. The fraction of sp³-hybridized carbons (Fsp3) is 0.357. The minimum absolute atomic E-state index is 0.0129. The zero-order valence-electron chi connectivity index (χ0n) is 11.8. The van der Waals surface area contributed by atoms with E-state index in [0.717, 1.165) is 0 Å². The van der Waals surface area contributed by atoms with Crippen LogP contribution < -0.4 is 0 Å². The van der Waals surface area contributed by atoms with Crippen LogP contribution in [0.5, 0.6) is 0 Å². The van der Waals surface area contributed by atoms with Crippen molar-refractivity contribution >= 4 is 11.8 Å². The van der Waals surface area contributed by atoms with Crippen molar-refractivity contribution in [2.24, 2.45) is 0 Å². The third kappa shape index (κ3) is 4.07. The van der Waals surface area contributed by atoms with Crippen molar-refractivity contribution in [3.63, 3.8) is 0 Å². The second-order valence-electron chi connectivity index (χ2n) is 4.33. The molecule has 0 saturated carbocycles. The van der Waals surface area contributed by atoms with E-state index in [4.69, 9.17) is 5.11 Å². The number of carbonyl (C=O) groups is 2. The van der Waals surface area contributed by atoms with Crippen molar-refractivity contribution in [2.45, 2.75) is 0 Å². The maximum atomic E-state index is 12.3. The Kier molecular flexibility index (Phi) is 5.69. The summed E-state index contributed by atoms with van der Waals surface area (Å²) in [6.45, 7) is -0.307. The molecule has 20 heavy (non-hydrogen) atoms. The van der Waals surface area contributed by atoms with Crippen LogP contribution in [0.25, 0.3) is 0 Å². The van der Waals surface area contributed by atoms with E-state index in [0.29, 0.717) is 11.1 Å². The zero-order valence-corrected chi connectivity index (χ0v) is 11.8. The second kappa shape index (κ2) is 7.26. The van der Waals surface area contributed by atoms with Gasteiger partial charge in [0.15, 0.2) is 0 Å². The first-order valence-corrected chi connectivity index (χ1v) is 5.96. The van der Waals surface area contributed by atoms with Gasteiger partial charge in [-0.25, -0.2) is 0 Å². The minimum Gasteiger partial charge on any atom is -0.384 e. The van der Waals surface area contributed by atoms with E-state index < -0.39 is 0 Å². The normalized spacial score (nSPS) is 9.40. The van der Waals surface area contributed by atoms with E-state index in [-0.39, 0.29) is 25.0 Å². The van der Waals surface area contributed by atoms with Crippen LogP contribution in [0, 0.1) is 11.8 Å². The number of aliphatic hydroxyl groups excluding tert-OH is 1. The maximum Gasteiger partial charge on any atom is 0.255 e. The van der Waals surface area contributed by atoms with Gasteiger partial charge in [0.05, 0.1) is 17.7 Å². The number of aliphatic hydroxyl groups is 1. The Labute approximate surface area is 118 Å². The van der Waals surface area contributed by atoms with Gasteiger partial charge in [0, 0.05) is 33.5 Å². The van der Waals surface area contributed by atoms with Crippen LogP contribution in [0.15, 0.2) is 18.5 Å². The van der Waals surface area contributed by atoms with Gasteiger partial charge in [0.1, 0.15) is 6.61 Å². The van der Waals surface area contributed by atoms with Gasteiger partial charge in [-0.1, -0.05) is 11.8 Å². The maximum absolute atomic E-state index is 12.3. The number of nitrogens with zero attached hydrogens (tertiary/aromatic N) is 3. The van der Waals surface area contributed by atoms with Crippen LogP contribution in [0.2, 0.25) is 0 Å². The molecule has 1 rings (SSSR count). The molecule has 6 nitrogen and oxygen atoms in total. The molecule has 106 valence electrons. The first-order valence-electron chi connectivity index (χ1n) is 5.96. The lowest BCUT2D eigenvalue weighted by Crippen LogP contribution is -2.38. The Balaban J connectivity index is 2.94. The third-order valence-corrected chi connectivity index (χ3v) is 2.57. The zero-order chi connectivity index (χ0) is 15.1. The van der Waals surface area contributed by atoms with Crippen molar-refractivity contribution in [1.29, 1.82) is 0 Å². The molecule has 0 fully saturated rings. The smallest absolute Gasteiger partial charge is 0.255 e. The number of rotatable bonds is 3. The Morgan fingerprint density at radius 1 is 1.35 bits per heavy atom. The molecular weight excluding hydrogens is 258 g/mol. The molecule has 0 aliphatic rings. The summed E-state index contributed by atoms with van der Waals surface area (Å²) in [5.41, 5.74) is 0.783. The third-order valence-electron chi connectivity index (χ3n) is 2.57. The van der Waals surface area contributed by atoms with Gasteiger partial charge in [0.2, 0.25) is 5.91 Å². The van der Waals surface area contributed by atoms with Crippen LogP contribution in [0.4, 0.5) is 0 Å². The molecule has 6 heteroatoms. The van der Waals surface area contributed by atoms with Crippen molar-refractivity contribution in [3.05, 3.63) is 29.6 Å². The van der Waals surface area contributed by atoms with Crippen LogP contribution >= 0.6 is 0 Å². The first-order chi connectivity index (χ1) is 9.47. The minimum atomic E-state index is -0.315. The molecule has 1 aromatic rings. The number of carbonyl (C=O) groups excluding carboxylic acids is 2. The van der Waals surface area contributed by atoms with Gasteiger partial charge in [-0.3, -0.25) is 14.6 Å². The van der Waals surface area contributed by atoms with E-state index in [2.05, 4.69) is 16.8 Å². The summed E-state index contributed by atoms with van der Waals surface area (Å²) in [5, 5.41) is 8.71. The van der Waals surface area contributed by atoms with Crippen LogP contribution in [-0.4, -0.2) is 66.0 Å². The standard InChI is InChI=1S/C14H17N3O3/c1-16(2)13(19)10-17(3)14(20)12-6-7-15-9-11(12)5-4-8-18/h6-7,9,18H,8,10H2,1-3H3. The molecule has 2 amide bonds. The Morgan fingerprint density at radius 3 is 2.65 bits per heavy atom. The van der Waals surface area contributed by atoms with Crippen LogP contribution in [0.3, 0.4) is 0 Å². The molecule has 1 aromatic heterocycles. The van der Waals surface area contributed by atoms with Crippen molar-refractivity contribution in [3.8, 4) is 11.8 Å². The summed E-state index contributed by atoms with van der Waals surface area (Å²) in [4.78, 5) is 30.5. The molecule has 0 saturated heterocycles. The lowest BCUT2D eigenvalue weighted by molar-refractivity contribution is -0.129. The average molecular weight is 275 g/mol. The number of hydrogen-bond acceptors (Lipinski definition) is 4. The van der Waals surface area contributed by atoms with Crippen molar-refractivity contribution < 1.29 is 14.7 Å². The Bertz CT molecular complexity index is 558. The Morgan fingerprint density at radius 2 is 2.05 bits per heavy atom. The lowest BCUT2D eigenvalue weighted by Gasteiger charge is -2.19. The number of likely N-dealkylation sites (N-methyl/N-ethyl adjacent to an activating group) is 2. The fourth-order valence-electron chi connectivity index (χ4n) is 1.44. The summed E-state index contributed by atoms with van der Waals surface area (Å²) in [6.07, 6.45) is 2.94. The summed E-state index contributed by atoms with van der Waals surface area (Å²) in [7, 11) is 4.81. The molecule has 0 unspecified atom stereocenters. The summed E-state index contributed by atoms with van der Waals surface area (Å²) in [5.74, 6) is 4.66. The Hall–Kier alpha value is -2.39. The van der Waals surface area contributed by atoms with Gasteiger partial charge in [-0.05, 0) is 6.07 Å². The highest BCUT2D eigenvalue weighted by molar-refractivity contribution is 5.98. The van der Waals surface area contributed by atoms with E-state index in [1.54, 1.807) is 27.2 Å². The largest absolute Gasteiger partial charge is 0.384 e. The van der Waals surface area contributed by atoms with E-state index >= 15 is 0 Å². The molecule has 0 spiro atoms. The highest BCUT2D eigenvalue weighted by Gasteiger charge is 2.18. The summed E-state index contributed by atoms with van der Waals surface area (Å²) >= 11 is 0. The molecule has 0 bridgehead atoms. The number of aromatic nitrogens is 1. The number of amides is 2. The monoisotopic (exact) mass is 275 g/mol. The SMILES string of the molecule is CN(C)C(=O)CN(C)C(=O)c1ccncc1C#CCO. The highest BCUT2D eigenvalue weighted by Crippen LogP contribution is 2.08. The second-order valence-corrected chi connectivity index (χ2v) is 4.33. The van der Waals surface area contributed by atoms with Gasteiger partial charge in [-0.15, -0.1) is 0 Å². The quantitative estimate of drug-likeness (QED) is 0.761. The summed E-state index contributed by atoms with van der Waals surface area (Å²) < 4.78 is 0. The van der Waals surface area contributed by atoms with Crippen LogP contribution in [0.1, 0.15) is 15.9 Å². The van der Waals surface area contributed by atoms with E-state index in [9.17, 15) is 9.59 Å². The fourth-order valence-corrected chi connectivity index (χ4v) is 1.44. The first kappa shape index (κ1) is 15.7. The van der Waals surface area contributed by atoms with E-state index in [1.807, 2.05) is 0 Å². The highest BCUT2D eigenvalue weighted by atomic mass is 16.2. The molecule has 0 aromatic carbocycles. The van der Waals surface area contributed by atoms with Crippen molar-refractivity contribution in [1.82, 2.24) is 14.8 Å². The van der Waals surface area contributed by atoms with Gasteiger partial charge in [0.25, 0.3) is 5.91 Å². The number of hydrogen-bond donors (Lipinski definition) is 1. The van der Waals surface area contributed by atoms with Crippen molar-refractivity contribution in [2.75, 3.05) is 34.3 Å². The molecule has 0 aliphatic carbocycles. The van der Waals surface area contributed by atoms with Gasteiger partial charge in [-0.2, -0.15) is 0 Å². The molecule has 1 heterocycles. The van der Waals surface area contributed by atoms with Gasteiger partial charge < -0.3 is 14.9 Å². The lowest BCUT2D eigenvalue weighted by atomic mass is 10.1. The summed E-state index contributed by atoms with van der Waals surface area (Å²) in [6, 6.07) is 1.54.